The lowest BCUT2D eigenvalue weighted by Crippen LogP contribution is -2.41. The minimum Gasteiger partial charge on any atom is -0.444 e. The Morgan fingerprint density at radius 3 is 2.51 bits per heavy atom. The van der Waals surface area contributed by atoms with Crippen LogP contribution in [0.1, 0.15) is 93.5 Å². The molecule has 0 aliphatic carbocycles. The summed E-state index contributed by atoms with van der Waals surface area (Å²) in [6, 6.07) is 10.7. The first-order chi connectivity index (χ1) is 16.6. The molecule has 35 heavy (non-hydrogen) atoms. The van der Waals surface area contributed by atoms with Crippen LogP contribution in [0.2, 0.25) is 0 Å². The Balaban J connectivity index is 1.64. The summed E-state index contributed by atoms with van der Waals surface area (Å²) < 4.78 is 5.55. The number of likely N-dealkylation sites (tertiary alicyclic amines) is 1. The van der Waals surface area contributed by atoms with Gasteiger partial charge in [0.2, 0.25) is 0 Å². The van der Waals surface area contributed by atoms with Crippen molar-refractivity contribution in [2.45, 2.75) is 78.2 Å². The third-order valence-corrected chi connectivity index (χ3v) is 6.73. The van der Waals surface area contributed by atoms with Gasteiger partial charge in [-0.2, -0.15) is 0 Å². The van der Waals surface area contributed by atoms with Gasteiger partial charge in [-0.25, -0.2) is 4.79 Å². The topological polar surface area (TPSA) is 75.3 Å². The normalized spacial score (nSPS) is 15.1. The lowest BCUT2D eigenvalue weighted by Gasteiger charge is -2.33. The number of hydrogen-bond donors (Lipinski definition) is 1. The van der Waals surface area contributed by atoms with Crippen molar-refractivity contribution >= 4 is 23.3 Å². The lowest BCUT2D eigenvalue weighted by molar-refractivity contribution is 0.0205. The van der Waals surface area contributed by atoms with E-state index in [1.54, 1.807) is 0 Å². The van der Waals surface area contributed by atoms with Gasteiger partial charge in [0, 0.05) is 35.2 Å². The highest BCUT2D eigenvalue weighted by atomic mass is 16.6. The molecule has 1 fully saturated rings. The Morgan fingerprint density at radius 2 is 1.91 bits per heavy atom. The number of nitrogens with one attached hydrogen (secondary N) is 1. The molecular formula is C29H37N3O3. The van der Waals surface area contributed by atoms with Crippen molar-refractivity contribution in [3.8, 4) is 11.3 Å². The molecule has 0 spiro atoms. The number of ether oxygens (including phenoxy) is 1. The number of benzene rings is 1. The average Bonchev–Trinajstić information content (AvgIpc) is 3.22. The molecule has 1 aliphatic heterocycles. The number of aldehydes is 1. The van der Waals surface area contributed by atoms with Crippen molar-refractivity contribution in [3.05, 3.63) is 52.8 Å². The van der Waals surface area contributed by atoms with E-state index >= 15 is 0 Å². The Morgan fingerprint density at radius 1 is 1.20 bits per heavy atom. The Hall–Kier alpha value is -3.15. The lowest BCUT2D eigenvalue weighted by atomic mass is 9.87. The third-order valence-electron chi connectivity index (χ3n) is 6.73. The van der Waals surface area contributed by atoms with Crippen LogP contribution < -0.4 is 0 Å². The molecule has 0 unspecified atom stereocenters. The van der Waals surface area contributed by atoms with Gasteiger partial charge in [-0.05, 0) is 87.3 Å². The zero-order valence-corrected chi connectivity index (χ0v) is 21.8. The fraction of sp³-hybridized carbons (Fsp3) is 0.483. The second kappa shape index (κ2) is 9.84. The van der Waals surface area contributed by atoms with Crippen molar-refractivity contribution in [1.29, 1.82) is 0 Å². The molecule has 1 aliphatic rings. The molecule has 1 saturated heterocycles. The molecule has 0 radical (unpaired) electrons. The summed E-state index contributed by atoms with van der Waals surface area (Å²) in [4.78, 5) is 33.8. The average molecular weight is 476 g/mol. The maximum Gasteiger partial charge on any atom is 0.410 e. The van der Waals surface area contributed by atoms with Gasteiger partial charge in [-0.1, -0.05) is 26.8 Å². The van der Waals surface area contributed by atoms with E-state index in [2.05, 4.69) is 55.0 Å². The molecule has 3 heterocycles. The smallest absolute Gasteiger partial charge is 0.410 e. The summed E-state index contributed by atoms with van der Waals surface area (Å²) >= 11 is 0. The van der Waals surface area contributed by atoms with E-state index < -0.39 is 5.60 Å². The van der Waals surface area contributed by atoms with Gasteiger partial charge in [-0.3, -0.25) is 9.78 Å². The van der Waals surface area contributed by atoms with E-state index in [-0.39, 0.29) is 6.09 Å². The van der Waals surface area contributed by atoms with E-state index in [1.807, 2.05) is 31.7 Å². The Labute approximate surface area is 208 Å². The minimum absolute atomic E-state index is 0.220. The number of carbonyl (C=O) groups excluding carboxylic acids is 2. The van der Waals surface area contributed by atoms with Gasteiger partial charge >= 0.3 is 6.09 Å². The van der Waals surface area contributed by atoms with Crippen LogP contribution in [-0.4, -0.2) is 45.9 Å². The van der Waals surface area contributed by atoms with Gasteiger partial charge in [-0.15, -0.1) is 0 Å². The van der Waals surface area contributed by atoms with Gasteiger partial charge in [0.1, 0.15) is 11.3 Å². The molecule has 0 atom stereocenters. The number of amides is 1. The number of pyridine rings is 1. The van der Waals surface area contributed by atoms with E-state index in [0.717, 1.165) is 48.0 Å². The Bertz CT molecular complexity index is 1230. The monoisotopic (exact) mass is 475 g/mol. The van der Waals surface area contributed by atoms with Gasteiger partial charge in [0.25, 0.3) is 0 Å². The maximum absolute atomic E-state index is 12.5. The predicted octanol–water partition coefficient (Wildman–Crippen LogP) is 6.84. The number of fused-ring (bicyclic) bond motifs is 1. The summed E-state index contributed by atoms with van der Waals surface area (Å²) in [5.41, 5.74) is 6.64. The molecule has 6 nitrogen and oxygen atoms in total. The second-order valence-electron chi connectivity index (χ2n) is 10.9. The predicted molar refractivity (Wildman–Crippen MR) is 140 cm³/mol. The van der Waals surface area contributed by atoms with Crippen LogP contribution in [0.4, 0.5) is 4.79 Å². The number of aryl methyl sites for hydroxylation is 1. The summed E-state index contributed by atoms with van der Waals surface area (Å²) in [6.07, 6.45) is 3.22. The van der Waals surface area contributed by atoms with Crippen molar-refractivity contribution < 1.29 is 14.3 Å². The standard InChI is InChI=1S/C29H37N3O3/c1-7-22-14-21(15-23(17-33)30-22)27-26(18(2)3)24-16-20(8-9-25(24)31-27)19-10-12-32(13-11-19)28(34)35-29(4,5)6/h8-9,14-19,31H,7,10-13H2,1-6H3. The molecule has 2 aromatic heterocycles. The van der Waals surface area contributed by atoms with Crippen molar-refractivity contribution in [3.63, 3.8) is 0 Å². The summed E-state index contributed by atoms with van der Waals surface area (Å²) in [5.74, 6) is 0.715. The number of rotatable bonds is 5. The fourth-order valence-electron chi connectivity index (χ4n) is 5.03. The van der Waals surface area contributed by atoms with Crippen molar-refractivity contribution in [2.24, 2.45) is 0 Å². The van der Waals surface area contributed by atoms with Gasteiger partial charge in [0.05, 0.1) is 5.69 Å². The quantitative estimate of drug-likeness (QED) is 0.410. The van der Waals surface area contributed by atoms with Crippen LogP contribution in [0, 0.1) is 0 Å². The molecule has 1 amide bonds. The number of hydrogen-bond acceptors (Lipinski definition) is 4. The van der Waals surface area contributed by atoms with E-state index in [0.29, 0.717) is 30.6 Å². The molecular weight excluding hydrogens is 438 g/mol. The number of aromatic nitrogens is 2. The third kappa shape index (κ3) is 5.42. The van der Waals surface area contributed by atoms with Crippen LogP contribution in [0.3, 0.4) is 0 Å². The first-order valence-electron chi connectivity index (χ1n) is 12.7. The minimum atomic E-state index is -0.475. The van der Waals surface area contributed by atoms with Gasteiger partial charge < -0.3 is 14.6 Å². The summed E-state index contributed by atoms with van der Waals surface area (Å²) in [5, 5.41) is 1.23. The Kier molecular flexibility index (Phi) is 7.02. The first kappa shape index (κ1) is 25.0. The summed E-state index contributed by atoms with van der Waals surface area (Å²) in [6.45, 7) is 13.6. The molecule has 1 aromatic carbocycles. The SMILES string of the molecule is CCc1cc(-c2[nH]c3ccc(C4CCN(C(=O)OC(C)(C)C)CC4)cc3c2C(C)C)cc(C=O)n1. The number of piperidine rings is 1. The first-order valence-corrected chi connectivity index (χ1v) is 12.7. The van der Waals surface area contributed by atoms with Crippen molar-refractivity contribution in [1.82, 2.24) is 14.9 Å². The highest BCUT2D eigenvalue weighted by Gasteiger charge is 2.28. The maximum atomic E-state index is 12.5. The molecule has 0 saturated carbocycles. The molecule has 6 heteroatoms. The highest BCUT2D eigenvalue weighted by molar-refractivity contribution is 5.92. The van der Waals surface area contributed by atoms with E-state index in [4.69, 9.17) is 4.74 Å². The zero-order valence-electron chi connectivity index (χ0n) is 21.8. The van der Waals surface area contributed by atoms with Crippen LogP contribution in [0.15, 0.2) is 30.3 Å². The van der Waals surface area contributed by atoms with Crippen LogP contribution in [0.25, 0.3) is 22.2 Å². The molecule has 0 bridgehead atoms. The van der Waals surface area contributed by atoms with Crippen LogP contribution in [-0.2, 0) is 11.2 Å². The largest absolute Gasteiger partial charge is 0.444 e. The fourth-order valence-corrected chi connectivity index (χ4v) is 5.03. The molecule has 4 rings (SSSR count). The second-order valence-corrected chi connectivity index (χ2v) is 10.9. The number of nitrogens with zero attached hydrogens (tertiary/aromatic N) is 2. The summed E-state index contributed by atoms with van der Waals surface area (Å²) in [7, 11) is 0. The number of carbonyl (C=O) groups is 2. The van der Waals surface area contributed by atoms with Crippen molar-refractivity contribution in [2.75, 3.05) is 13.1 Å². The van der Waals surface area contributed by atoms with E-state index in [1.165, 1.54) is 16.5 Å². The number of H-pyrrole nitrogens is 1. The number of aromatic amines is 1. The van der Waals surface area contributed by atoms with Crippen LogP contribution in [0.5, 0.6) is 0 Å². The van der Waals surface area contributed by atoms with Gasteiger partial charge in [0.15, 0.2) is 6.29 Å². The van der Waals surface area contributed by atoms with E-state index in [9.17, 15) is 9.59 Å². The molecule has 186 valence electrons. The highest BCUT2D eigenvalue weighted by Crippen LogP contribution is 2.38. The molecule has 3 aromatic rings. The zero-order chi connectivity index (χ0) is 25.3. The molecule has 1 N–H and O–H groups in total. The van der Waals surface area contributed by atoms with Crippen LogP contribution >= 0.6 is 0 Å².